The van der Waals surface area contributed by atoms with Crippen LogP contribution in [-0.2, 0) is 9.53 Å². The van der Waals surface area contributed by atoms with Crippen molar-refractivity contribution in [2.45, 2.75) is 38.0 Å². The van der Waals surface area contributed by atoms with E-state index in [-0.39, 0.29) is 18.1 Å². The van der Waals surface area contributed by atoms with E-state index in [0.717, 1.165) is 19.5 Å². The number of ether oxygens (including phenoxy) is 1. The zero-order valence-corrected chi connectivity index (χ0v) is 8.09. The van der Waals surface area contributed by atoms with Crippen molar-refractivity contribution >= 4 is 5.91 Å². The van der Waals surface area contributed by atoms with E-state index in [1.54, 1.807) is 0 Å². The topological polar surface area (TPSA) is 50.4 Å². The van der Waals surface area contributed by atoms with Crippen LogP contribution in [0, 0.1) is 0 Å². The van der Waals surface area contributed by atoms with Crippen LogP contribution < -0.4 is 10.6 Å². The third kappa shape index (κ3) is 1.25. The summed E-state index contributed by atoms with van der Waals surface area (Å²) in [6, 6.07) is 0. The Hall–Kier alpha value is -0.610. The highest BCUT2D eigenvalue weighted by molar-refractivity contribution is 5.88. The summed E-state index contributed by atoms with van der Waals surface area (Å²) in [6.07, 6.45) is 0.925. The molecule has 2 aliphatic heterocycles. The van der Waals surface area contributed by atoms with Gasteiger partial charge >= 0.3 is 0 Å². The largest absolute Gasteiger partial charge is 0.373 e. The number of piperazine rings is 1. The molecule has 2 heterocycles. The highest BCUT2D eigenvalue weighted by atomic mass is 16.5. The fourth-order valence-electron chi connectivity index (χ4n) is 2.32. The molecule has 4 nitrogen and oxygen atoms in total. The van der Waals surface area contributed by atoms with Gasteiger partial charge in [-0.1, -0.05) is 0 Å². The van der Waals surface area contributed by atoms with Crippen molar-refractivity contribution in [3.8, 4) is 0 Å². The molecule has 0 radical (unpaired) electrons. The molecule has 13 heavy (non-hydrogen) atoms. The van der Waals surface area contributed by atoms with Crippen molar-refractivity contribution in [2.75, 3.05) is 13.1 Å². The smallest absolute Gasteiger partial charge is 0.243 e. The SMILES string of the molecule is CC1CC2(NCCNC2=O)C(C)O1. The molecule has 0 aliphatic carbocycles. The summed E-state index contributed by atoms with van der Waals surface area (Å²) in [7, 11) is 0. The molecule has 0 saturated carbocycles. The quantitative estimate of drug-likeness (QED) is 0.540. The Kier molecular flexibility index (Phi) is 2.04. The van der Waals surface area contributed by atoms with Gasteiger partial charge < -0.3 is 10.1 Å². The Morgan fingerprint density at radius 3 is 2.77 bits per heavy atom. The first-order valence-corrected chi connectivity index (χ1v) is 4.84. The van der Waals surface area contributed by atoms with Gasteiger partial charge in [0.1, 0.15) is 5.54 Å². The average Bonchev–Trinajstić information content (AvgIpc) is 2.35. The molecule has 2 rings (SSSR count). The van der Waals surface area contributed by atoms with Gasteiger partial charge in [-0.05, 0) is 13.8 Å². The molecule has 2 aliphatic rings. The van der Waals surface area contributed by atoms with Crippen LogP contribution >= 0.6 is 0 Å². The monoisotopic (exact) mass is 184 g/mol. The van der Waals surface area contributed by atoms with E-state index in [2.05, 4.69) is 10.6 Å². The lowest BCUT2D eigenvalue weighted by atomic mass is 9.88. The summed E-state index contributed by atoms with van der Waals surface area (Å²) < 4.78 is 5.60. The van der Waals surface area contributed by atoms with Crippen molar-refractivity contribution in [3.05, 3.63) is 0 Å². The van der Waals surface area contributed by atoms with Crippen molar-refractivity contribution in [1.82, 2.24) is 10.6 Å². The van der Waals surface area contributed by atoms with Gasteiger partial charge in [0.15, 0.2) is 0 Å². The van der Waals surface area contributed by atoms with E-state index in [1.165, 1.54) is 0 Å². The fraction of sp³-hybridized carbons (Fsp3) is 0.889. The van der Waals surface area contributed by atoms with Gasteiger partial charge in [0.2, 0.25) is 5.91 Å². The number of nitrogens with one attached hydrogen (secondary N) is 2. The number of rotatable bonds is 0. The lowest BCUT2D eigenvalue weighted by molar-refractivity contribution is -0.131. The minimum atomic E-state index is -0.461. The maximum Gasteiger partial charge on any atom is 0.243 e. The standard InChI is InChI=1S/C9H16N2O2/c1-6-5-9(7(2)13-6)8(12)10-3-4-11-9/h6-7,11H,3-5H2,1-2H3,(H,10,12). The maximum atomic E-state index is 11.7. The molecule has 0 bridgehead atoms. The zero-order chi connectivity index (χ0) is 9.47. The second kappa shape index (κ2) is 2.96. The van der Waals surface area contributed by atoms with E-state index in [9.17, 15) is 4.79 Å². The molecule has 3 unspecified atom stereocenters. The Morgan fingerprint density at radius 2 is 2.23 bits per heavy atom. The fourth-order valence-corrected chi connectivity index (χ4v) is 2.32. The van der Waals surface area contributed by atoms with Gasteiger partial charge in [0, 0.05) is 19.5 Å². The van der Waals surface area contributed by atoms with Gasteiger partial charge in [-0.25, -0.2) is 0 Å². The molecular formula is C9H16N2O2. The van der Waals surface area contributed by atoms with Crippen LogP contribution in [0.5, 0.6) is 0 Å². The van der Waals surface area contributed by atoms with E-state index in [0.29, 0.717) is 0 Å². The summed E-state index contributed by atoms with van der Waals surface area (Å²) in [4.78, 5) is 11.7. The van der Waals surface area contributed by atoms with Gasteiger partial charge in [-0.3, -0.25) is 10.1 Å². The van der Waals surface area contributed by atoms with Gasteiger partial charge in [-0.2, -0.15) is 0 Å². The predicted octanol–water partition coefficient (Wildman–Crippen LogP) is -0.358. The van der Waals surface area contributed by atoms with Crippen molar-refractivity contribution in [3.63, 3.8) is 0 Å². The molecule has 4 heteroatoms. The summed E-state index contributed by atoms with van der Waals surface area (Å²) in [6.45, 7) is 5.53. The second-order valence-electron chi connectivity index (χ2n) is 3.95. The molecule has 0 aromatic heterocycles. The molecule has 1 amide bonds. The number of amides is 1. The zero-order valence-electron chi connectivity index (χ0n) is 8.09. The number of carbonyl (C=O) groups excluding carboxylic acids is 1. The van der Waals surface area contributed by atoms with Crippen molar-refractivity contribution in [2.24, 2.45) is 0 Å². The summed E-state index contributed by atoms with van der Waals surface area (Å²) >= 11 is 0. The molecule has 3 atom stereocenters. The van der Waals surface area contributed by atoms with E-state index in [1.807, 2.05) is 13.8 Å². The molecule has 2 fully saturated rings. The first-order chi connectivity index (χ1) is 6.15. The first-order valence-electron chi connectivity index (χ1n) is 4.84. The molecule has 74 valence electrons. The number of carbonyl (C=O) groups is 1. The Balaban J connectivity index is 2.22. The second-order valence-corrected chi connectivity index (χ2v) is 3.95. The maximum absolute atomic E-state index is 11.7. The van der Waals surface area contributed by atoms with Crippen LogP contribution in [0.1, 0.15) is 20.3 Å². The molecular weight excluding hydrogens is 168 g/mol. The van der Waals surface area contributed by atoms with Crippen molar-refractivity contribution in [1.29, 1.82) is 0 Å². The van der Waals surface area contributed by atoms with Crippen LogP contribution in [0.2, 0.25) is 0 Å². The Bertz CT molecular complexity index is 232. The Morgan fingerprint density at radius 1 is 1.46 bits per heavy atom. The van der Waals surface area contributed by atoms with E-state index in [4.69, 9.17) is 4.74 Å². The third-order valence-corrected chi connectivity index (χ3v) is 3.00. The third-order valence-electron chi connectivity index (χ3n) is 3.00. The van der Waals surface area contributed by atoms with E-state index < -0.39 is 5.54 Å². The highest BCUT2D eigenvalue weighted by Gasteiger charge is 2.51. The van der Waals surface area contributed by atoms with Crippen LogP contribution in [0.4, 0.5) is 0 Å². The minimum absolute atomic E-state index is 0.0252. The average molecular weight is 184 g/mol. The summed E-state index contributed by atoms with van der Waals surface area (Å²) in [5.74, 6) is 0.0931. The Labute approximate surface area is 78.0 Å². The van der Waals surface area contributed by atoms with E-state index >= 15 is 0 Å². The molecule has 2 saturated heterocycles. The van der Waals surface area contributed by atoms with Gasteiger partial charge in [-0.15, -0.1) is 0 Å². The number of hydrogen-bond donors (Lipinski definition) is 2. The minimum Gasteiger partial charge on any atom is -0.373 e. The van der Waals surface area contributed by atoms with Gasteiger partial charge in [0.25, 0.3) is 0 Å². The molecule has 0 aromatic rings. The predicted molar refractivity (Wildman–Crippen MR) is 48.4 cm³/mol. The lowest BCUT2D eigenvalue weighted by Crippen LogP contribution is -2.66. The van der Waals surface area contributed by atoms with Crippen LogP contribution in [-0.4, -0.2) is 36.7 Å². The summed E-state index contributed by atoms with van der Waals surface area (Å²) in [5, 5.41) is 6.17. The lowest BCUT2D eigenvalue weighted by Gasteiger charge is -2.35. The molecule has 0 aromatic carbocycles. The van der Waals surface area contributed by atoms with Crippen molar-refractivity contribution < 1.29 is 9.53 Å². The number of hydrogen-bond acceptors (Lipinski definition) is 3. The van der Waals surface area contributed by atoms with Crippen LogP contribution in [0.25, 0.3) is 0 Å². The highest BCUT2D eigenvalue weighted by Crippen LogP contribution is 2.31. The van der Waals surface area contributed by atoms with Crippen LogP contribution in [0.3, 0.4) is 0 Å². The van der Waals surface area contributed by atoms with Gasteiger partial charge in [0.05, 0.1) is 12.2 Å². The first kappa shape index (κ1) is 8.97. The summed E-state index contributed by atoms with van der Waals surface area (Å²) in [5.41, 5.74) is -0.461. The van der Waals surface area contributed by atoms with Crippen LogP contribution in [0.15, 0.2) is 0 Å². The molecule has 2 N–H and O–H groups in total. The molecule has 1 spiro atoms. The normalized spacial score (nSPS) is 45.2.